The Labute approximate surface area is 363 Å². The first kappa shape index (κ1) is 49.6. The van der Waals surface area contributed by atoms with Crippen molar-refractivity contribution in [3.8, 4) is 0 Å². The molecule has 4 N–H and O–H groups in total. The van der Waals surface area contributed by atoms with E-state index in [1.165, 1.54) is 25.3 Å². The summed E-state index contributed by atoms with van der Waals surface area (Å²) in [6.45, 7) is 14.0. The summed E-state index contributed by atoms with van der Waals surface area (Å²) >= 11 is 3.82. The first-order valence-corrected chi connectivity index (χ1v) is 22.0. The van der Waals surface area contributed by atoms with Gasteiger partial charge in [-0.2, -0.15) is 12.6 Å². The normalized spacial score (nSPS) is 17.4. The van der Waals surface area contributed by atoms with Gasteiger partial charge in [-0.05, 0) is 81.6 Å². The van der Waals surface area contributed by atoms with Gasteiger partial charge in [0.05, 0.1) is 6.04 Å². The number of nitrogens with one attached hydrogen (secondary N) is 4. The zero-order valence-electron chi connectivity index (χ0n) is 36.3. The Bertz CT molecular complexity index is 1790. The SMILES string of the molecule is C=C(NCC)[C@]1(Cc2ccccc2)CCCN(C(=O)C(Cc2ccc3ccccc3c2)NC(=O)N2CCN(C)CC2)C1.CC(=O)NC(C=O)CS.CNCCCCCC=O. The number of carbonyl (C=O) groups excluding carboxylic acids is 5. The summed E-state index contributed by atoms with van der Waals surface area (Å²) in [4.78, 5) is 64.0. The van der Waals surface area contributed by atoms with Crippen LogP contribution in [-0.2, 0) is 32.0 Å². The van der Waals surface area contributed by atoms with E-state index in [0.29, 0.717) is 44.6 Å². The van der Waals surface area contributed by atoms with Gasteiger partial charge in [-0.3, -0.25) is 9.59 Å². The zero-order valence-corrected chi connectivity index (χ0v) is 37.2. The quantitative estimate of drug-likeness (QED) is 0.0663. The van der Waals surface area contributed by atoms with Crippen molar-refractivity contribution in [2.45, 2.75) is 77.3 Å². The molecule has 2 heterocycles. The Balaban J connectivity index is 0.000000445. The summed E-state index contributed by atoms with van der Waals surface area (Å²) in [6.07, 6.45) is 8.87. The lowest BCUT2D eigenvalue weighted by molar-refractivity contribution is -0.136. The van der Waals surface area contributed by atoms with E-state index in [0.717, 1.165) is 86.6 Å². The third-order valence-electron chi connectivity index (χ3n) is 10.9. The Hall–Kier alpha value is -4.72. The lowest BCUT2D eigenvalue weighted by Crippen LogP contribution is -2.58. The van der Waals surface area contributed by atoms with Gasteiger partial charge < -0.3 is 45.6 Å². The predicted molar refractivity (Wildman–Crippen MR) is 246 cm³/mol. The number of likely N-dealkylation sites (N-methyl/N-ethyl adjacent to an activating group) is 1. The molecule has 2 fully saturated rings. The zero-order chi connectivity index (χ0) is 43.8. The van der Waals surface area contributed by atoms with E-state index >= 15 is 0 Å². The first-order valence-electron chi connectivity index (χ1n) is 21.4. The van der Waals surface area contributed by atoms with Gasteiger partial charge in [0.25, 0.3) is 0 Å². The van der Waals surface area contributed by atoms with Gasteiger partial charge in [0.15, 0.2) is 0 Å². The number of carbonyl (C=O) groups is 5. The maximum absolute atomic E-state index is 14.4. The molecule has 4 amide bonds. The fourth-order valence-corrected chi connectivity index (χ4v) is 7.74. The average Bonchev–Trinajstić information content (AvgIpc) is 3.26. The van der Waals surface area contributed by atoms with Gasteiger partial charge >= 0.3 is 6.03 Å². The number of hydrogen-bond donors (Lipinski definition) is 5. The van der Waals surface area contributed by atoms with Crippen LogP contribution in [-0.4, -0.2) is 129 Å². The van der Waals surface area contributed by atoms with Crippen LogP contribution in [0, 0.1) is 5.41 Å². The third-order valence-corrected chi connectivity index (χ3v) is 11.3. The van der Waals surface area contributed by atoms with Crippen LogP contribution in [0.1, 0.15) is 63.5 Å². The Morgan fingerprint density at radius 3 is 2.18 bits per heavy atom. The monoisotopic (exact) mass is 844 g/mol. The molecule has 3 atom stereocenters. The molecule has 0 saturated carbocycles. The van der Waals surface area contributed by atoms with Gasteiger partial charge in [0.2, 0.25) is 11.8 Å². The molecule has 2 aliphatic rings. The molecule has 0 aromatic heterocycles. The first-order chi connectivity index (χ1) is 29.0. The molecule has 60 heavy (non-hydrogen) atoms. The number of fused-ring (bicyclic) bond motifs is 1. The van der Waals surface area contributed by atoms with Crippen LogP contribution in [0.25, 0.3) is 10.8 Å². The number of hydrogen-bond acceptors (Lipinski definition) is 9. The number of amides is 4. The van der Waals surface area contributed by atoms with E-state index in [2.05, 4.69) is 114 Å². The molecule has 2 unspecified atom stereocenters. The summed E-state index contributed by atoms with van der Waals surface area (Å²) in [5, 5.41) is 14.4. The second kappa shape index (κ2) is 27.2. The molecular formula is C47H69N7O5S. The van der Waals surface area contributed by atoms with Crippen molar-refractivity contribution in [2.24, 2.45) is 5.41 Å². The molecule has 5 rings (SSSR count). The maximum Gasteiger partial charge on any atom is 0.318 e. The van der Waals surface area contributed by atoms with Crippen LogP contribution in [0.3, 0.4) is 0 Å². The van der Waals surface area contributed by atoms with Crippen LogP contribution < -0.4 is 21.3 Å². The van der Waals surface area contributed by atoms with Crippen molar-refractivity contribution < 1.29 is 24.0 Å². The van der Waals surface area contributed by atoms with Gasteiger partial charge in [0, 0.05) is 82.4 Å². The van der Waals surface area contributed by atoms with Gasteiger partial charge in [-0.25, -0.2) is 4.79 Å². The van der Waals surface area contributed by atoms with Crippen LogP contribution >= 0.6 is 12.6 Å². The van der Waals surface area contributed by atoms with Crippen molar-refractivity contribution in [3.05, 3.63) is 96.2 Å². The Kier molecular flexibility index (Phi) is 22.5. The molecule has 12 nitrogen and oxygen atoms in total. The predicted octanol–water partition coefficient (Wildman–Crippen LogP) is 5.27. The minimum atomic E-state index is -0.654. The van der Waals surface area contributed by atoms with Crippen molar-refractivity contribution in [1.29, 1.82) is 0 Å². The van der Waals surface area contributed by atoms with E-state index in [-0.39, 0.29) is 23.3 Å². The molecule has 2 saturated heterocycles. The number of nitrogens with zero attached hydrogens (tertiary/aromatic N) is 3. The summed E-state index contributed by atoms with van der Waals surface area (Å²) in [5.74, 6) is 0.122. The molecule has 2 aliphatic heterocycles. The Morgan fingerprint density at radius 1 is 0.867 bits per heavy atom. The van der Waals surface area contributed by atoms with E-state index in [4.69, 9.17) is 0 Å². The highest BCUT2D eigenvalue weighted by Crippen LogP contribution is 2.39. The van der Waals surface area contributed by atoms with Gasteiger partial charge in [0.1, 0.15) is 18.6 Å². The van der Waals surface area contributed by atoms with Crippen LogP contribution in [0.15, 0.2) is 85.1 Å². The van der Waals surface area contributed by atoms with Crippen molar-refractivity contribution in [3.63, 3.8) is 0 Å². The molecule has 0 radical (unpaired) electrons. The smallest absolute Gasteiger partial charge is 0.318 e. The number of likely N-dealkylation sites (tertiary alicyclic amines) is 1. The summed E-state index contributed by atoms with van der Waals surface area (Å²) < 4.78 is 0. The Morgan fingerprint density at radius 2 is 1.57 bits per heavy atom. The number of benzene rings is 3. The summed E-state index contributed by atoms with van der Waals surface area (Å²) in [7, 11) is 4.01. The molecule has 328 valence electrons. The highest BCUT2D eigenvalue weighted by molar-refractivity contribution is 7.80. The summed E-state index contributed by atoms with van der Waals surface area (Å²) in [6, 6.07) is 23.8. The molecule has 13 heteroatoms. The summed E-state index contributed by atoms with van der Waals surface area (Å²) in [5.41, 5.74) is 2.98. The fraction of sp³-hybridized carbons (Fsp3) is 0.511. The molecule has 3 aromatic carbocycles. The molecule has 0 bridgehead atoms. The third kappa shape index (κ3) is 16.7. The van der Waals surface area contributed by atoms with E-state index in [1.807, 2.05) is 35.0 Å². The van der Waals surface area contributed by atoms with Crippen LogP contribution in [0.4, 0.5) is 4.79 Å². The molecule has 3 aromatic rings. The highest BCUT2D eigenvalue weighted by atomic mass is 32.1. The fourth-order valence-electron chi connectivity index (χ4n) is 7.57. The lowest BCUT2D eigenvalue weighted by atomic mass is 9.72. The minimum Gasteiger partial charge on any atom is -0.389 e. The minimum absolute atomic E-state index is 0.0212. The van der Waals surface area contributed by atoms with Crippen LogP contribution in [0.2, 0.25) is 0 Å². The number of unbranched alkanes of at least 4 members (excludes halogenated alkanes) is 3. The standard InChI is InChI=1S/C35H45N5O2.C7H15NO.C5H9NO2S/c1-4-36-27(2)35(25-28-11-6-5-7-12-28)17-10-18-40(26-35)33(41)32(37-34(42)39-21-19-38(3)20-22-39)24-29-15-16-30-13-8-9-14-31(30)23-29;1-8-6-4-2-3-5-7-9;1-4(8)6-5(2-7)3-9/h5-9,11-16,23,32,36H,2,4,10,17-22,24-26H2,1,3H3,(H,37,42);7-8H,2-6H2,1H3;2,5,9H,3H2,1H3,(H,6,8)/t32?,35-;;/m0../s1. The van der Waals surface area contributed by atoms with Crippen molar-refractivity contribution in [2.75, 3.05) is 72.2 Å². The second-order valence-electron chi connectivity index (χ2n) is 15.7. The number of thiol groups is 1. The van der Waals surface area contributed by atoms with E-state index in [9.17, 15) is 24.0 Å². The van der Waals surface area contributed by atoms with Crippen molar-refractivity contribution >= 4 is 53.8 Å². The number of urea groups is 1. The maximum atomic E-state index is 14.4. The van der Waals surface area contributed by atoms with Gasteiger partial charge in [-0.15, -0.1) is 0 Å². The topological polar surface area (TPSA) is 143 Å². The van der Waals surface area contributed by atoms with Crippen molar-refractivity contribution in [1.82, 2.24) is 36.0 Å². The number of rotatable bonds is 18. The molecular weight excluding hydrogens is 775 g/mol. The average molecular weight is 844 g/mol. The largest absolute Gasteiger partial charge is 0.389 e. The highest BCUT2D eigenvalue weighted by Gasteiger charge is 2.41. The van der Waals surface area contributed by atoms with E-state index < -0.39 is 12.1 Å². The van der Waals surface area contributed by atoms with Crippen LogP contribution in [0.5, 0.6) is 0 Å². The number of piperidine rings is 1. The number of aldehydes is 2. The van der Waals surface area contributed by atoms with E-state index in [1.54, 1.807) is 0 Å². The van der Waals surface area contributed by atoms with Gasteiger partial charge in [-0.1, -0.05) is 85.8 Å². The number of piperazine rings is 1. The molecule has 0 spiro atoms. The second-order valence-corrected chi connectivity index (χ2v) is 16.1. The lowest BCUT2D eigenvalue weighted by Gasteiger charge is -2.45. The molecule has 0 aliphatic carbocycles.